The van der Waals surface area contributed by atoms with Crippen LogP contribution >= 0.6 is 0 Å². The van der Waals surface area contributed by atoms with Crippen LogP contribution in [0.5, 0.6) is 0 Å². The number of unbranched alkanes of at least 4 members (excludes halogenated alkanes) is 3. The Labute approximate surface area is 204 Å². The molecule has 2 fully saturated rings. The first-order valence-corrected chi connectivity index (χ1v) is 13.4. The minimum Gasteiger partial charge on any atom is -0.326 e. The molecule has 6 nitrogen and oxygen atoms in total. The Bertz CT molecular complexity index is 791. The van der Waals surface area contributed by atoms with Crippen molar-refractivity contribution in [3.8, 4) is 0 Å². The van der Waals surface area contributed by atoms with Crippen molar-refractivity contribution in [2.24, 2.45) is 29.6 Å². The van der Waals surface area contributed by atoms with Crippen molar-refractivity contribution in [2.45, 2.75) is 90.4 Å². The molecule has 0 spiro atoms. The van der Waals surface area contributed by atoms with Gasteiger partial charge in [0.15, 0.2) is 0 Å². The summed E-state index contributed by atoms with van der Waals surface area (Å²) in [6, 6.07) is 9.49. The van der Waals surface area contributed by atoms with Crippen LogP contribution in [-0.4, -0.2) is 22.8 Å². The van der Waals surface area contributed by atoms with Crippen LogP contribution < -0.4 is 10.8 Å². The summed E-state index contributed by atoms with van der Waals surface area (Å²) in [6.45, 7) is 2.16. The van der Waals surface area contributed by atoms with E-state index in [0.29, 0.717) is 6.42 Å². The highest BCUT2D eigenvalue weighted by Crippen LogP contribution is 2.45. The zero-order valence-electron chi connectivity index (χ0n) is 20.6. The molecule has 3 unspecified atom stereocenters. The fourth-order valence-corrected chi connectivity index (χ4v) is 6.27. The molecule has 3 rings (SSSR count). The highest BCUT2D eigenvalue weighted by atomic mass is 16.5. The molecule has 2 aliphatic rings. The molecule has 4 atom stereocenters. The minimum absolute atomic E-state index is 0.0373. The zero-order valence-corrected chi connectivity index (χ0v) is 20.6. The molecule has 3 N–H and O–H groups in total. The van der Waals surface area contributed by atoms with E-state index in [2.05, 4.69) is 12.2 Å². The maximum atomic E-state index is 13.8. The summed E-state index contributed by atoms with van der Waals surface area (Å²) in [5.74, 6) is -0.964. The van der Waals surface area contributed by atoms with E-state index >= 15 is 0 Å². The van der Waals surface area contributed by atoms with E-state index in [1.807, 2.05) is 30.3 Å². The van der Waals surface area contributed by atoms with E-state index in [9.17, 15) is 14.4 Å². The van der Waals surface area contributed by atoms with Crippen molar-refractivity contribution in [1.82, 2.24) is 5.48 Å². The van der Waals surface area contributed by atoms with Crippen molar-refractivity contribution in [3.63, 3.8) is 0 Å². The third-order valence-electron chi connectivity index (χ3n) is 8.02. The van der Waals surface area contributed by atoms with Gasteiger partial charge in [-0.25, -0.2) is 5.48 Å². The van der Waals surface area contributed by atoms with Crippen LogP contribution in [0.1, 0.15) is 90.4 Å². The van der Waals surface area contributed by atoms with Crippen molar-refractivity contribution >= 4 is 23.3 Å². The van der Waals surface area contributed by atoms with E-state index in [4.69, 9.17) is 5.21 Å². The second kappa shape index (κ2) is 13.6. The Morgan fingerprint density at radius 2 is 1.68 bits per heavy atom. The lowest BCUT2D eigenvalue weighted by Crippen LogP contribution is -2.39. The molecule has 1 aromatic carbocycles. The van der Waals surface area contributed by atoms with Crippen LogP contribution in [0.15, 0.2) is 30.3 Å². The number of nitrogens with one attached hydrogen (secondary N) is 2. The molecule has 0 aromatic heterocycles. The predicted octanol–water partition coefficient (Wildman–Crippen LogP) is 5.90. The van der Waals surface area contributed by atoms with Gasteiger partial charge in [0.25, 0.3) is 0 Å². The smallest absolute Gasteiger partial charge is 0.243 e. The average Bonchev–Trinajstić information content (AvgIpc) is 3.23. The summed E-state index contributed by atoms with van der Waals surface area (Å²) in [6.07, 6.45) is 12.1. The van der Waals surface area contributed by atoms with Gasteiger partial charge in [-0.3, -0.25) is 19.6 Å². The third-order valence-corrected chi connectivity index (χ3v) is 8.02. The molecule has 34 heavy (non-hydrogen) atoms. The molecule has 0 bridgehead atoms. The fraction of sp³-hybridized carbons (Fsp3) is 0.679. The topological polar surface area (TPSA) is 95.5 Å². The van der Waals surface area contributed by atoms with Gasteiger partial charge in [0.1, 0.15) is 5.78 Å². The number of benzene rings is 1. The van der Waals surface area contributed by atoms with Gasteiger partial charge in [-0.05, 0) is 56.1 Å². The Morgan fingerprint density at radius 1 is 0.971 bits per heavy atom. The maximum Gasteiger partial charge on any atom is 0.243 e. The van der Waals surface area contributed by atoms with Crippen LogP contribution in [0.3, 0.4) is 0 Å². The van der Waals surface area contributed by atoms with Crippen molar-refractivity contribution in [1.29, 1.82) is 0 Å². The van der Waals surface area contributed by atoms with Crippen LogP contribution in [-0.2, 0) is 14.4 Å². The number of anilines is 1. The van der Waals surface area contributed by atoms with Gasteiger partial charge >= 0.3 is 0 Å². The number of hydroxylamine groups is 1. The van der Waals surface area contributed by atoms with E-state index < -0.39 is 5.91 Å². The number of carbonyl (C=O) groups is 3. The average molecular weight is 471 g/mol. The minimum atomic E-state index is -0.428. The molecule has 0 radical (unpaired) electrons. The van der Waals surface area contributed by atoms with Gasteiger partial charge in [0.05, 0.1) is 5.92 Å². The number of ketones is 1. The van der Waals surface area contributed by atoms with Crippen LogP contribution in [0.25, 0.3) is 0 Å². The number of Topliss-reactive ketones (excluding diaryl/α,β-unsaturated/α-hetero) is 1. The SMILES string of the molecule is CCCCCCC(CC(=O)NO)[C@H]1CCC(C(C(=O)Nc2ccccc2)C2CCCCC2)C1=O. The third kappa shape index (κ3) is 7.14. The number of hydrogen-bond donors (Lipinski definition) is 3. The monoisotopic (exact) mass is 470 g/mol. The summed E-state index contributed by atoms with van der Waals surface area (Å²) in [4.78, 5) is 39.3. The number of hydrogen-bond acceptors (Lipinski definition) is 4. The van der Waals surface area contributed by atoms with Gasteiger partial charge in [-0.2, -0.15) is 0 Å². The van der Waals surface area contributed by atoms with Crippen molar-refractivity contribution < 1.29 is 19.6 Å². The molecular formula is C28H42N2O4. The van der Waals surface area contributed by atoms with Gasteiger partial charge < -0.3 is 5.32 Å². The number of carbonyl (C=O) groups excluding carboxylic acids is 3. The maximum absolute atomic E-state index is 13.8. The highest BCUT2D eigenvalue weighted by molar-refractivity contribution is 5.98. The number of rotatable bonds is 12. The summed E-state index contributed by atoms with van der Waals surface area (Å²) in [5, 5.41) is 12.2. The molecular weight excluding hydrogens is 428 g/mol. The predicted molar refractivity (Wildman–Crippen MR) is 133 cm³/mol. The van der Waals surface area contributed by atoms with Crippen molar-refractivity contribution in [3.05, 3.63) is 30.3 Å². The molecule has 2 amide bonds. The lowest BCUT2D eigenvalue weighted by molar-refractivity contribution is -0.135. The van der Waals surface area contributed by atoms with E-state index in [0.717, 1.165) is 69.9 Å². The first-order valence-electron chi connectivity index (χ1n) is 13.4. The summed E-state index contributed by atoms with van der Waals surface area (Å²) < 4.78 is 0. The van der Waals surface area contributed by atoms with Gasteiger partial charge in [-0.15, -0.1) is 0 Å². The molecule has 0 heterocycles. The first kappa shape index (κ1) is 26.4. The molecule has 0 saturated heterocycles. The van der Waals surface area contributed by atoms with Crippen molar-refractivity contribution in [2.75, 3.05) is 5.32 Å². The molecule has 1 aromatic rings. The largest absolute Gasteiger partial charge is 0.326 e. The zero-order chi connectivity index (χ0) is 24.3. The Morgan fingerprint density at radius 3 is 2.35 bits per heavy atom. The van der Waals surface area contributed by atoms with Crippen LogP contribution in [0.4, 0.5) is 5.69 Å². The first-order chi connectivity index (χ1) is 16.5. The van der Waals surface area contributed by atoms with Crippen LogP contribution in [0.2, 0.25) is 0 Å². The van der Waals surface area contributed by atoms with Crippen LogP contribution in [0, 0.1) is 29.6 Å². The summed E-state index contributed by atoms with van der Waals surface area (Å²) >= 11 is 0. The normalized spacial score (nSPS) is 22.8. The Kier molecular flexibility index (Phi) is 10.6. The highest BCUT2D eigenvalue weighted by Gasteiger charge is 2.47. The van der Waals surface area contributed by atoms with E-state index in [1.54, 1.807) is 5.48 Å². The Balaban J connectivity index is 1.75. The van der Waals surface area contributed by atoms with Gasteiger partial charge in [0.2, 0.25) is 11.8 Å². The van der Waals surface area contributed by atoms with E-state index in [-0.39, 0.29) is 47.7 Å². The molecule has 0 aliphatic heterocycles. The Hall–Kier alpha value is -2.21. The van der Waals surface area contributed by atoms with E-state index in [1.165, 1.54) is 6.42 Å². The second-order valence-electron chi connectivity index (χ2n) is 10.3. The summed E-state index contributed by atoms with van der Waals surface area (Å²) in [7, 11) is 0. The van der Waals surface area contributed by atoms with Gasteiger partial charge in [-0.1, -0.05) is 70.1 Å². The lowest BCUT2D eigenvalue weighted by atomic mass is 9.71. The van der Waals surface area contributed by atoms with Gasteiger partial charge in [0, 0.05) is 23.9 Å². The quantitative estimate of drug-likeness (QED) is 0.201. The fourth-order valence-electron chi connectivity index (χ4n) is 6.27. The second-order valence-corrected chi connectivity index (χ2v) is 10.3. The molecule has 188 valence electrons. The molecule has 2 aliphatic carbocycles. The number of amides is 2. The standard InChI is InChI=1S/C28H42N2O4/c1-2-3-4-7-14-21(19-25(31)30-34)23-17-18-24(27(23)32)26(20-12-8-5-9-13-20)28(33)29-22-15-10-6-11-16-22/h6,10-11,15-16,20-21,23-24,26,34H,2-5,7-9,12-14,17-19H2,1H3,(H,29,33)(H,30,31)/t21?,23-,24?,26?/m1/s1. The summed E-state index contributed by atoms with van der Waals surface area (Å²) in [5.41, 5.74) is 2.52. The number of para-hydroxylation sites is 1. The lowest BCUT2D eigenvalue weighted by Gasteiger charge is -2.33. The molecule has 2 saturated carbocycles. The molecule has 6 heteroatoms.